The molecule has 0 atom stereocenters. The van der Waals surface area contributed by atoms with Gasteiger partial charge in [0.2, 0.25) is 5.78 Å². The molecular weight excluding hydrogens is 370 g/mol. The fraction of sp³-hybridized carbons (Fsp3) is 0.391. The number of carbonyl (C=O) groups excluding carboxylic acids is 3. The zero-order valence-electron chi connectivity index (χ0n) is 17.2. The minimum atomic E-state index is -1.43. The molecule has 0 fully saturated rings. The van der Waals surface area contributed by atoms with Gasteiger partial charge < -0.3 is 9.47 Å². The Morgan fingerprint density at radius 3 is 2.21 bits per heavy atom. The number of aryl methyl sites for hydroxylation is 2. The molecule has 0 spiro atoms. The minimum Gasteiger partial charge on any atom is -0.465 e. The smallest absolute Gasteiger partial charge is 0.324 e. The van der Waals surface area contributed by atoms with E-state index in [0.717, 1.165) is 16.7 Å². The molecule has 1 heterocycles. The lowest BCUT2D eigenvalue weighted by molar-refractivity contribution is -0.171. The van der Waals surface area contributed by atoms with Gasteiger partial charge in [0.25, 0.3) is 0 Å². The van der Waals surface area contributed by atoms with Crippen LogP contribution in [0.1, 0.15) is 52.3 Å². The van der Waals surface area contributed by atoms with Crippen LogP contribution in [0.5, 0.6) is 0 Å². The zero-order valence-corrected chi connectivity index (χ0v) is 17.2. The molecule has 1 aromatic heterocycles. The quantitative estimate of drug-likeness (QED) is 0.425. The van der Waals surface area contributed by atoms with Crippen LogP contribution in [0.3, 0.4) is 0 Å². The van der Waals surface area contributed by atoms with E-state index in [1.165, 1.54) is 0 Å². The summed E-state index contributed by atoms with van der Waals surface area (Å²) in [5.41, 5.74) is 2.52. The first-order valence-corrected chi connectivity index (χ1v) is 9.78. The predicted molar refractivity (Wildman–Crippen MR) is 107 cm³/mol. The van der Waals surface area contributed by atoms with Crippen LogP contribution in [0.2, 0.25) is 0 Å². The highest BCUT2D eigenvalue weighted by molar-refractivity contribution is 6.09. The Morgan fingerprint density at radius 2 is 1.62 bits per heavy atom. The second-order valence-electron chi connectivity index (χ2n) is 7.25. The molecule has 3 rings (SSSR count). The van der Waals surface area contributed by atoms with E-state index in [1.54, 1.807) is 32.9 Å². The van der Waals surface area contributed by atoms with E-state index in [1.807, 2.05) is 25.1 Å². The average molecular weight is 395 g/mol. The van der Waals surface area contributed by atoms with Crippen molar-refractivity contribution in [3.05, 3.63) is 64.0 Å². The van der Waals surface area contributed by atoms with Gasteiger partial charge in [0, 0.05) is 17.7 Å². The number of ketones is 1. The number of fused-ring (bicyclic) bond motifs is 1. The lowest BCUT2D eigenvalue weighted by Crippen LogP contribution is -2.43. The summed E-state index contributed by atoms with van der Waals surface area (Å²) in [5.74, 6) is -1.37. The van der Waals surface area contributed by atoms with Crippen molar-refractivity contribution in [3.8, 4) is 0 Å². The molecule has 0 saturated heterocycles. The zero-order chi connectivity index (χ0) is 21.2. The number of pyridine rings is 1. The third kappa shape index (κ3) is 3.67. The summed E-state index contributed by atoms with van der Waals surface area (Å²) in [6, 6.07) is 9.02. The molecule has 152 valence electrons. The summed E-state index contributed by atoms with van der Waals surface area (Å²) < 4.78 is 10.4. The van der Waals surface area contributed by atoms with Gasteiger partial charge in [0.05, 0.1) is 13.2 Å². The number of esters is 2. The first kappa shape index (κ1) is 20.7. The molecule has 29 heavy (non-hydrogen) atoms. The van der Waals surface area contributed by atoms with Crippen LogP contribution in [-0.2, 0) is 31.9 Å². The van der Waals surface area contributed by atoms with Gasteiger partial charge in [-0.3, -0.25) is 14.4 Å². The summed E-state index contributed by atoms with van der Waals surface area (Å²) in [7, 11) is 0. The van der Waals surface area contributed by atoms with Crippen LogP contribution in [-0.4, -0.2) is 35.9 Å². The lowest BCUT2D eigenvalue weighted by atomic mass is 9.84. The van der Waals surface area contributed by atoms with Crippen LogP contribution in [0.15, 0.2) is 30.3 Å². The van der Waals surface area contributed by atoms with Crippen molar-refractivity contribution in [2.45, 2.75) is 40.5 Å². The molecule has 0 saturated carbocycles. The second-order valence-corrected chi connectivity index (χ2v) is 7.25. The Bertz CT molecular complexity index is 961. The van der Waals surface area contributed by atoms with E-state index >= 15 is 0 Å². The van der Waals surface area contributed by atoms with Crippen molar-refractivity contribution in [1.29, 1.82) is 0 Å². The van der Waals surface area contributed by atoms with E-state index in [9.17, 15) is 14.4 Å². The molecule has 2 aromatic rings. The lowest BCUT2D eigenvalue weighted by Gasteiger charge is -2.24. The molecule has 0 unspecified atom stereocenters. The van der Waals surface area contributed by atoms with Crippen molar-refractivity contribution < 1.29 is 23.9 Å². The third-order valence-corrected chi connectivity index (χ3v) is 5.35. The first-order valence-electron chi connectivity index (χ1n) is 9.78. The largest absolute Gasteiger partial charge is 0.465 e. The molecule has 1 aromatic carbocycles. The number of hydrogen-bond acceptors (Lipinski definition) is 6. The molecule has 0 N–H and O–H groups in total. The molecule has 0 radical (unpaired) electrons. The third-order valence-electron chi connectivity index (χ3n) is 5.35. The van der Waals surface area contributed by atoms with Gasteiger partial charge in [0.15, 0.2) is 5.41 Å². The van der Waals surface area contributed by atoms with E-state index in [4.69, 9.17) is 9.47 Å². The van der Waals surface area contributed by atoms with Gasteiger partial charge in [-0.1, -0.05) is 24.3 Å². The Balaban J connectivity index is 2.02. The minimum absolute atomic E-state index is 0.136. The van der Waals surface area contributed by atoms with Gasteiger partial charge >= 0.3 is 11.9 Å². The van der Waals surface area contributed by atoms with E-state index in [-0.39, 0.29) is 31.8 Å². The average Bonchev–Trinajstić information content (AvgIpc) is 3.10. The Labute approximate surface area is 170 Å². The molecule has 6 nitrogen and oxygen atoms in total. The standard InChI is InChI=1S/C23H25NO5/c1-5-28-21(26)23(22(27)29-6-2)12-16-11-19(24-15(4)18(16)13-23)20(25)17-10-8-7-9-14(17)3/h7-11H,5-6,12-13H2,1-4H3. The molecule has 1 aliphatic carbocycles. The van der Waals surface area contributed by atoms with Gasteiger partial charge in [-0.25, -0.2) is 4.98 Å². The molecular formula is C23H25NO5. The summed E-state index contributed by atoms with van der Waals surface area (Å²) in [4.78, 5) is 43.0. The van der Waals surface area contributed by atoms with Crippen LogP contribution < -0.4 is 0 Å². The molecule has 1 aliphatic rings. The highest BCUT2D eigenvalue weighted by Gasteiger charge is 2.53. The van der Waals surface area contributed by atoms with Crippen molar-refractivity contribution in [3.63, 3.8) is 0 Å². The van der Waals surface area contributed by atoms with Crippen LogP contribution in [0, 0.1) is 19.3 Å². The summed E-state index contributed by atoms with van der Waals surface area (Å²) in [5, 5.41) is 0. The van der Waals surface area contributed by atoms with Gasteiger partial charge in [-0.05, 0) is 56.9 Å². The van der Waals surface area contributed by atoms with Crippen LogP contribution in [0.25, 0.3) is 0 Å². The van der Waals surface area contributed by atoms with Crippen molar-refractivity contribution >= 4 is 17.7 Å². The monoisotopic (exact) mass is 395 g/mol. The number of nitrogens with zero attached hydrogens (tertiary/aromatic N) is 1. The first-order chi connectivity index (χ1) is 13.8. The van der Waals surface area contributed by atoms with Gasteiger partial charge in [-0.15, -0.1) is 0 Å². The van der Waals surface area contributed by atoms with Crippen LogP contribution in [0.4, 0.5) is 0 Å². The normalized spacial score (nSPS) is 14.2. The number of ether oxygens (including phenoxy) is 2. The fourth-order valence-electron chi connectivity index (χ4n) is 3.85. The summed E-state index contributed by atoms with van der Waals surface area (Å²) in [6.07, 6.45) is 0.301. The maximum absolute atomic E-state index is 13.0. The van der Waals surface area contributed by atoms with Crippen LogP contribution >= 0.6 is 0 Å². The number of aromatic nitrogens is 1. The Hall–Kier alpha value is -3.02. The maximum atomic E-state index is 13.0. The van der Waals surface area contributed by atoms with Crippen molar-refractivity contribution in [1.82, 2.24) is 4.98 Å². The summed E-state index contributed by atoms with van der Waals surface area (Å²) >= 11 is 0. The Kier molecular flexibility index (Phi) is 5.82. The summed E-state index contributed by atoms with van der Waals surface area (Å²) in [6.45, 7) is 7.41. The molecule has 6 heteroatoms. The Morgan fingerprint density at radius 1 is 1.00 bits per heavy atom. The SMILES string of the molecule is CCOC(=O)C1(C(=O)OCC)Cc2cc(C(=O)c3ccccc3C)nc(C)c2C1. The highest BCUT2D eigenvalue weighted by Crippen LogP contribution is 2.41. The van der Waals surface area contributed by atoms with Gasteiger partial charge in [-0.2, -0.15) is 0 Å². The number of hydrogen-bond donors (Lipinski definition) is 0. The van der Waals surface area contributed by atoms with Crippen molar-refractivity contribution in [2.75, 3.05) is 13.2 Å². The number of benzene rings is 1. The van der Waals surface area contributed by atoms with E-state index in [0.29, 0.717) is 17.0 Å². The van der Waals surface area contributed by atoms with E-state index in [2.05, 4.69) is 4.98 Å². The number of carbonyl (C=O) groups is 3. The van der Waals surface area contributed by atoms with Crippen molar-refractivity contribution in [2.24, 2.45) is 5.41 Å². The predicted octanol–water partition coefficient (Wildman–Crippen LogP) is 3.14. The highest BCUT2D eigenvalue weighted by atomic mass is 16.6. The van der Waals surface area contributed by atoms with E-state index < -0.39 is 17.4 Å². The molecule has 0 aliphatic heterocycles. The van der Waals surface area contributed by atoms with Gasteiger partial charge in [0.1, 0.15) is 5.69 Å². The molecule has 0 bridgehead atoms. The number of rotatable bonds is 6. The fourth-order valence-corrected chi connectivity index (χ4v) is 3.85. The second kappa shape index (κ2) is 8.15. The molecule has 0 amide bonds. The maximum Gasteiger partial charge on any atom is 0.324 e. The topological polar surface area (TPSA) is 82.6 Å².